The second kappa shape index (κ2) is 5.43. The van der Waals surface area contributed by atoms with E-state index in [1.807, 2.05) is 0 Å². The molecule has 1 saturated heterocycles. The average Bonchev–Trinajstić information content (AvgIpc) is 3.18. The molecular weight excluding hydrogens is 322 g/mol. The van der Waals surface area contributed by atoms with Crippen molar-refractivity contribution >= 4 is 21.4 Å². The molecule has 0 amide bonds. The second-order valence-electron chi connectivity index (χ2n) is 5.80. The van der Waals surface area contributed by atoms with Gasteiger partial charge in [0.15, 0.2) is 0 Å². The molecule has 0 N–H and O–H groups in total. The summed E-state index contributed by atoms with van der Waals surface area (Å²) in [6.45, 7) is 1.23. The maximum atomic E-state index is 12.5. The lowest BCUT2D eigenvalue weighted by Gasteiger charge is -2.20. The molecule has 1 aliphatic carbocycles. The number of hydrogen-bond acceptors (Lipinski definition) is 6. The van der Waals surface area contributed by atoms with Crippen molar-refractivity contribution in [3.63, 3.8) is 0 Å². The second-order valence-corrected chi connectivity index (χ2v) is 9.05. The lowest BCUT2D eigenvalue weighted by molar-refractivity contribution is 0.338. The molecule has 3 heterocycles. The predicted octanol–water partition coefficient (Wildman–Crippen LogP) is 2.85. The van der Waals surface area contributed by atoms with Crippen LogP contribution in [-0.4, -0.2) is 36.0 Å². The molecule has 0 spiro atoms. The first kappa shape index (κ1) is 14.3. The highest BCUT2D eigenvalue weighted by Crippen LogP contribution is 2.38. The van der Waals surface area contributed by atoms with Gasteiger partial charge in [0.2, 0.25) is 5.89 Å². The normalized spacial score (nSPS) is 20.4. The van der Waals surface area contributed by atoms with E-state index in [9.17, 15) is 8.42 Å². The Morgan fingerprint density at radius 3 is 2.59 bits per heavy atom. The fourth-order valence-corrected chi connectivity index (χ4v) is 5.68. The van der Waals surface area contributed by atoms with Crippen molar-refractivity contribution in [1.82, 2.24) is 14.5 Å². The summed E-state index contributed by atoms with van der Waals surface area (Å²) in [6, 6.07) is 3.40. The van der Waals surface area contributed by atoms with Crippen LogP contribution >= 0.6 is 11.3 Å². The monoisotopic (exact) mass is 339 g/mol. The van der Waals surface area contributed by atoms with Crippen LogP contribution in [0.25, 0.3) is 10.8 Å². The van der Waals surface area contributed by atoms with E-state index in [0.717, 1.165) is 30.6 Å². The lowest BCUT2D eigenvalue weighted by atomic mass is 9.85. The molecule has 8 heteroatoms. The van der Waals surface area contributed by atoms with Gasteiger partial charge in [-0.2, -0.15) is 4.31 Å². The number of hydrogen-bond donors (Lipinski definition) is 0. The fourth-order valence-electron chi connectivity index (χ4n) is 2.78. The van der Waals surface area contributed by atoms with Gasteiger partial charge in [0.1, 0.15) is 4.21 Å². The first-order chi connectivity index (χ1) is 10.6. The summed E-state index contributed by atoms with van der Waals surface area (Å²) in [7, 11) is -3.37. The minimum atomic E-state index is -3.37. The third-order valence-electron chi connectivity index (χ3n) is 4.35. The van der Waals surface area contributed by atoms with E-state index in [4.69, 9.17) is 4.42 Å². The summed E-state index contributed by atoms with van der Waals surface area (Å²) < 4.78 is 32.6. The van der Waals surface area contributed by atoms with Crippen molar-refractivity contribution < 1.29 is 12.8 Å². The fraction of sp³-hybridized carbons (Fsp3) is 0.571. The van der Waals surface area contributed by atoms with Gasteiger partial charge in [-0.05, 0) is 37.8 Å². The van der Waals surface area contributed by atoms with Crippen molar-refractivity contribution in [3.05, 3.63) is 18.0 Å². The zero-order chi connectivity index (χ0) is 15.2. The molecule has 6 nitrogen and oxygen atoms in total. The largest absolute Gasteiger partial charge is 0.420 e. The zero-order valence-electron chi connectivity index (χ0n) is 12.1. The molecule has 118 valence electrons. The Hall–Kier alpha value is -1.25. The van der Waals surface area contributed by atoms with E-state index in [0.29, 0.717) is 35.0 Å². The Balaban J connectivity index is 1.59. The summed E-state index contributed by atoms with van der Waals surface area (Å²) >= 11 is 1.20. The summed E-state index contributed by atoms with van der Waals surface area (Å²) in [6.07, 6.45) is 5.28. The van der Waals surface area contributed by atoms with Gasteiger partial charge in [-0.1, -0.05) is 6.42 Å². The minimum absolute atomic E-state index is 0.354. The van der Waals surface area contributed by atoms with Crippen LogP contribution in [0, 0.1) is 0 Å². The Labute approximate surface area is 133 Å². The van der Waals surface area contributed by atoms with Crippen molar-refractivity contribution in [2.75, 3.05) is 13.1 Å². The van der Waals surface area contributed by atoms with Crippen LogP contribution in [0.4, 0.5) is 0 Å². The van der Waals surface area contributed by atoms with E-state index in [1.54, 1.807) is 16.4 Å². The van der Waals surface area contributed by atoms with Gasteiger partial charge in [-0.15, -0.1) is 21.5 Å². The average molecular weight is 339 g/mol. The van der Waals surface area contributed by atoms with E-state index in [-0.39, 0.29) is 0 Å². The summed E-state index contributed by atoms with van der Waals surface area (Å²) in [5, 5.41) is 8.16. The van der Waals surface area contributed by atoms with Gasteiger partial charge < -0.3 is 4.42 Å². The van der Waals surface area contributed by atoms with Gasteiger partial charge in [-0.25, -0.2) is 8.42 Å². The van der Waals surface area contributed by atoms with E-state index in [2.05, 4.69) is 10.2 Å². The summed E-state index contributed by atoms with van der Waals surface area (Å²) in [4.78, 5) is 0.718. The molecule has 2 aromatic heterocycles. The number of nitrogens with zero attached hydrogens (tertiary/aromatic N) is 3. The van der Waals surface area contributed by atoms with Crippen molar-refractivity contribution in [1.29, 1.82) is 0 Å². The van der Waals surface area contributed by atoms with E-state index >= 15 is 0 Å². The van der Waals surface area contributed by atoms with Gasteiger partial charge in [0.05, 0.1) is 4.88 Å². The molecule has 0 bridgehead atoms. The molecule has 0 unspecified atom stereocenters. The quantitative estimate of drug-likeness (QED) is 0.856. The number of sulfonamides is 1. The first-order valence-corrected chi connectivity index (χ1v) is 9.84. The van der Waals surface area contributed by atoms with Crippen LogP contribution in [-0.2, 0) is 10.0 Å². The Kier molecular flexibility index (Phi) is 3.54. The number of thiophene rings is 1. The highest BCUT2D eigenvalue weighted by Gasteiger charge is 2.30. The highest BCUT2D eigenvalue weighted by atomic mass is 32.2. The van der Waals surface area contributed by atoms with Crippen LogP contribution in [0.5, 0.6) is 0 Å². The van der Waals surface area contributed by atoms with E-state index < -0.39 is 10.0 Å². The molecule has 2 fully saturated rings. The van der Waals surface area contributed by atoms with Crippen LogP contribution < -0.4 is 0 Å². The highest BCUT2D eigenvalue weighted by molar-refractivity contribution is 7.91. The Morgan fingerprint density at radius 2 is 1.91 bits per heavy atom. The SMILES string of the molecule is O=S(=O)(c1ccc(-c2nnc(C3CCC3)o2)s1)N1CCCC1. The van der Waals surface area contributed by atoms with E-state index in [1.165, 1.54) is 17.8 Å². The van der Waals surface area contributed by atoms with Crippen molar-refractivity contribution in [2.45, 2.75) is 42.2 Å². The number of aromatic nitrogens is 2. The zero-order valence-corrected chi connectivity index (χ0v) is 13.7. The molecule has 1 aliphatic heterocycles. The third-order valence-corrected chi connectivity index (χ3v) is 7.79. The lowest BCUT2D eigenvalue weighted by Crippen LogP contribution is -2.27. The van der Waals surface area contributed by atoms with Crippen LogP contribution in [0.2, 0.25) is 0 Å². The topological polar surface area (TPSA) is 76.3 Å². The summed E-state index contributed by atoms with van der Waals surface area (Å²) in [5.74, 6) is 1.49. The Morgan fingerprint density at radius 1 is 1.14 bits per heavy atom. The summed E-state index contributed by atoms with van der Waals surface area (Å²) in [5.41, 5.74) is 0. The molecule has 4 rings (SSSR count). The number of rotatable bonds is 4. The maximum Gasteiger partial charge on any atom is 0.257 e. The van der Waals surface area contributed by atoms with Crippen LogP contribution in [0.15, 0.2) is 20.8 Å². The molecule has 0 radical (unpaired) electrons. The molecule has 0 aromatic carbocycles. The third kappa shape index (κ3) is 2.39. The van der Waals surface area contributed by atoms with Crippen LogP contribution in [0.1, 0.15) is 43.9 Å². The maximum absolute atomic E-state index is 12.5. The molecule has 0 atom stereocenters. The standard InChI is InChI=1S/C14H17N3O3S2/c18-22(19,17-8-1-2-9-17)12-7-6-11(21-12)14-16-15-13(20-14)10-4-3-5-10/h6-7,10H,1-5,8-9H2. The van der Waals surface area contributed by atoms with Gasteiger partial charge in [-0.3, -0.25) is 0 Å². The first-order valence-electron chi connectivity index (χ1n) is 7.58. The van der Waals surface area contributed by atoms with Crippen LogP contribution in [0.3, 0.4) is 0 Å². The minimum Gasteiger partial charge on any atom is -0.420 e. The van der Waals surface area contributed by atoms with Gasteiger partial charge in [0.25, 0.3) is 15.9 Å². The molecule has 2 aliphatic rings. The van der Waals surface area contributed by atoms with Crippen molar-refractivity contribution in [3.8, 4) is 10.8 Å². The predicted molar refractivity (Wildman–Crippen MR) is 82.2 cm³/mol. The van der Waals surface area contributed by atoms with Gasteiger partial charge in [0, 0.05) is 19.0 Å². The molecule has 2 aromatic rings. The molecule has 1 saturated carbocycles. The molecular formula is C14H17N3O3S2. The van der Waals surface area contributed by atoms with Crippen molar-refractivity contribution in [2.24, 2.45) is 0 Å². The molecule has 22 heavy (non-hydrogen) atoms. The Bertz CT molecular complexity index is 771. The van der Waals surface area contributed by atoms with Gasteiger partial charge >= 0.3 is 0 Å². The smallest absolute Gasteiger partial charge is 0.257 e.